The van der Waals surface area contributed by atoms with Crippen LogP contribution in [0, 0.1) is 5.92 Å². The lowest BCUT2D eigenvalue weighted by Gasteiger charge is -2.33. The van der Waals surface area contributed by atoms with Gasteiger partial charge in [-0.1, -0.05) is 41.7 Å². The van der Waals surface area contributed by atoms with Gasteiger partial charge in [-0.3, -0.25) is 4.79 Å². The summed E-state index contributed by atoms with van der Waals surface area (Å²) in [4.78, 5) is 20.5. The van der Waals surface area contributed by atoms with E-state index < -0.39 is 18.6 Å². The molecule has 1 aliphatic carbocycles. The van der Waals surface area contributed by atoms with Crippen LogP contribution in [0.5, 0.6) is 0 Å². The molecule has 0 unspecified atom stereocenters. The average molecular weight is 474 g/mol. The van der Waals surface area contributed by atoms with E-state index in [1.54, 1.807) is 6.07 Å². The van der Waals surface area contributed by atoms with E-state index >= 15 is 0 Å². The topological polar surface area (TPSA) is 89.6 Å². The molecule has 0 aliphatic heterocycles. The first-order valence-corrected chi connectivity index (χ1v) is 10.4. The van der Waals surface area contributed by atoms with Crippen molar-refractivity contribution >= 4 is 52.4 Å². The summed E-state index contributed by atoms with van der Waals surface area (Å²) in [6, 6.07) is 4.99. The Morgan fingerprint density at radius 3 is 2.70 bits per heavy atom. The number of hydrogen-bond acceptors (Lipinski definition) is 4. The predicted molar refractivity (Wildman–Crippen MR) is 117 cm³/mol. The second-order valence-corrected chi connectivity index (χ2v) is 8.27. The zero-order chi connectivity index (χ0) is 21.8. The van der Waals surface area contributed by atoms with Crippen LogP contribution in [0.15, 0.2) is 35.5 Å². The molecular formula is C20H20Cl3FN4O2. The zero-order valence-electron chi connectivity index (χ0n) is 16.0. The van der Waals surface area contributed by atoms with Gasteiger partial charge in [0.1, 0.15) is 24.5 Å². The third kappa shape index (κ3) is 5.33. The molecule has 30 heavy (non-hydrogen) atoms. The number of halogens is 4. The maximum Gasteiger partial charge on any atom is 0.282 e. The molecular weight excluding hydrogens is 454 g/mol. The van der Waals surface area contributed by atoms with Crippen molar-refractivity contribution in [2.24, 2.45) is 16.6 Å². The highest BCUT2D eigenvalue weighted by Gasteiger charge is 2.29. The minimum atomic E-state index is -0.970. The summed E-state index contributed by atoms with van der Waals surface area (Å²) in [5.74, 6) is -0.162. The second kappa shape index (κ2) is 9.81. The van der Waals surface area contributed by atoms with Gasteiger partial charge in [-0.2, -0.15) is 0 Å². The fourth-order valence-electron chi connectivity index (χ4n) is 2.99. The molecule has 0 bridgehead atoms. The van der Waals surface area contributed by atoms with Crippen LogP contribution in [-0.2, 0) is 4.74 Å². The number of aromatic nitrogens is 1. The average Bonchev–Trinajstić information content (AvgIpc) is 2.70. The number of nitrogens with one attached hydrogen (secondary N) is 1. The van der Waals surface area contributed by atoms with E-state index in [0.29, 0.717) is 22.2 Å². The van der Waals surface area contributed by atoms with E-state index in [1.165, 1.54) is 24.4 Å². The summed E-state index contributed by atoms with van der Waals surface area (Å²) in [5.41, 5.74) is 6.58. The van der Waals surface area contributed by atoms with Gasteiger partial charge in [-0.05, 0) is 43.0 Å². The van der Waals surface area contributed by atoms with Gasteiger partial charge in [0.25, 0.3) is 11.9 Å². The lowest BCUT2D eigenvalue weighted by molar-refractivity contribution is 0.0444. The van der Waals surface area contributed by atoms with Crippen LogP contribution < -0.4 is 11.1 Å². The third-order valence-electron chi connectivity index (χ3n) is 4.88. The van der Waals surface area contributed by atoms with Gasteiger partial charge in [0, 0.05) is 22.5 Å². The van der Waals surface area contributed by atoms with E-state index in [4.69, 9.17) is 45.3 Å². The Bertz CT molecular complexity index is 973. The number of aliphatic imine (C=N–C) groups is 1. The molecule has 0 radical (unpaired) electrons. The highest BCUT2D eigenvalue weighted by atomic mass is 35.5. The zero-order valence-corrected chi connectivity index (χ0v) is 18.3. The predicted octanol–water partition coefficient (Wildman–Crippen LogP) is 5.43. The molecule has 0 saturated heterocycles. The molecule has 10 heteroatoms. The van der Waals surface area contributed by atoms with Crippen molar-refractivity contribution in [2.75, 3.05) is 12.0 Å². The first-order valence-electron chi connectivity index (χ1n) is 9.26. The number of pyridine rings is 1. The molecule has 1 aromatic heterocycles. The summed E-state index contributed by atoms with van der Waals surface area (Å²) < 4.78 is 19.3. The van der Waals surface area contributed by atoms with Crippen molar-refractivity contribution in [2.45, 2.75) is 31.9 Å². The Hall–Kier alpha value is -2.09. The number of rotatable bonds is 6. The maximum absolute atomic E-state index is 13.7. The quantitative estimate of drug-likeness (QED) is 0.432. The van der Waals surface area contributed by atoms with Crippen LogP contribution in [0.1, 0.15) is 41.9 Å². The Labute approximate surface area is 188 Å². The molecule has 160 valence electrons. The van der Waals surface area contributed by atoms with Crippen molar-refractivity contribution in [1.29, 1.82) is 0 Å². The van der Waals surface area contributed by atoms with Gasteiger partial charge < -0.3 is 15.8 Å². The Morgan fingerprint density at radius 2 is 2.10 bits per heavy atom. The van der Waals surface area contributed by atoms with Crippen LogP contribution in [0.25, 0.3) is 0 Å². The number of hydrogen-bond donors (Lipinski definition) is 2. The second-order valence-electron chi connectivity index (χ2n) is 7.02. The van der Waals surface area contributed by atoms with Gasteiger partial charge in [0.15, 0.2) is 0 Å². The molecule has 3 atom stereocenters. The minimum absolute atomic E-state index is 0.00453. The fourth-order valence-corrected chi connectivity index (χ4v) is 3.70. The van der Waals surface area contributed by atoms with Gasteiger partial charge in [-0.25, -0.2) is 14.4 Å². The maximum atomic E-state index is 13.7. The molecule has 6 nitrogen and oxygen atoms in total. The number of benzene rings is 1. The van der Waals surface area contributed by atoms with Crippen LogP contribution in [0.2, 0.25) is 15.1 Å². The van der Waals surface area contributed by atoms with E-state index in [0.717, 1.165) is 12.8 Å². The Balaban J connectivity index is 1.78. The molecule has 1 saturated carbocycles. The van der Waals surface area contributed by atoms with Crippen molar-refractivity contribution < 1.29 is 13.9 Å². The van der Waals surface area contributed by atoms with E-state index in [9.17, 15) is 9.18 Å². The van der Waals surface area contributed by atoms with E-state index in [2.05, 4.69) is 22.2 Å². The number of carbonyl (C=O) groups excluding carboxylic acids is 1. The molecule has 3 rings (SSSR count). The highest BCUT2D eigenvalue weighted by molar-refractivity contribution is 6.36. The number of anilines is 1. The molecule has 1 amide bonds. The van der Waals surface area contributed by atoms with Gasteiger partial charge in [-0.15, -0.1) is 0 Å². The number of alkyl halides is 1. The monoisotopic (exact) mass is 472 g/mol. The SMILES string of the molecule is C[C@H]1CC[C@H]1OC(N)=N[C@H](CF)c1cc(NC(=O)c2ncc(Cl)cc2Cl)ccc1Cl. The highest BCUT2D eigenvalue weighted by Crippen LogP contribution is 2.32. The van der Waals surface area contributed by atoms with Crippen molar-refractivity contribution in [3.63, 3.8) is 0 Å². The largest absolute Gasteiger partial charge is 0.462 e. The van der Waals surface area contributed by atoms with Crippen molar-refractivity contribution in [1.82, 2.24) is 4.98 Å². The van der Waals surface area contributed by atoms with Gasteiger partial charge >= 0.3 is 0 Å². The number of nitrogens with two attached hydrogens (primary N) is 1. The van der Waals surface area contributed by atoms with Crippen molar-refractivity contribution in [3.8, 4) is 0 Å². The smallest absolute Gasteiger partial charge is 0.282 e. The number of amides is 1. The molecule has 1 heterocycles. The minimum Gasteiger partial charge on any atom is -0.462 e. The van der Waals surface area contributed by atoms with Gasteiger partial charge in [0.05, 0.1) is 10.0 Å². The van der Waals surface area contributed by atoms with Crippen LogP contribution in [-0.4, -0.2) is 29.7 Å². The standard InChI is InChI=1S/C20H20Cl3FN4O2/c1-10-2-5-17(10)30-20(25)28-16(8-24)13-7-12(3-4-14(13)22)27-19(29)18-15(23)6-11(21)9-26-18/h3-4,6-7,9-10,16-17H,2,5,8H2,1H3,(H2,25,28)(H,27,29)/t10-,16+,17+/m0/s1. The molecule has 0 spiro atoms. The summed E-state index contributed by atoms with van der Waals surface area (Å²) in [6.07, 6.45) is 3.26. The molecule has 1 fully saturated rings. The Morgan fingerprint density at radius 1 is 1.33 bits per heavy atom. The number of nitrogens with zero attached hydrogens (tertiary/aromatic N) is 2. The normalized spacial score (nSPS) is 19.7. The third-order valence-corrected chi connectivity index (χ3v) is 5.72. The first-order chi connectivity index (χ1) is 14.3. The summed E-state index contributed by atoms with van der Waals surface area (Å²) in [5, 5.41) is 3.36. The molecule has 1 aromatic carbocycles. The summed E-state index contributed by atoms with van der Waals surface area (Å²) in [7, 11) is 0. The first kappa shape index (κ1) is 22.6. The van der Waals surface area contributed by atoms with Crippen LogP contribution in [0.3, 0.4) is 0 Å². The fraction of sp³-hybridized carbons (Fsp3) is 0.350. The molecule has 3 N–H and O–H groups in total. The van der Waals surface area contributed by atoms with E-state index in [1.807, 2.05) is 0 Å². The lowest BCUT2D eigenvalue weighted by Crippen LogP contribution is -2.36. The summed E-state index contributed by atoms with van der Waals surface area (Å²) in [6.45, 7) is 1.21. The Kier molecular flexibility index (Phi) is 7.39. The van der Waals surface area contributed by atoms with E-state index in [-0.39, 0.29) is 27.9 Å². The van der Waals surface area contributed by atoms with Crippen LogP contribution in [0.4, 0.5) is 10.1 Å². The van der Waals surface area contributed by atoms with Gasteiger partial charge in [0.2, 0.25) is 0 Å². The number of amidine groups is 1. The molecule has 1 aliphatic rings. The van der Waals surface area contributed by atoms with Crippen LogP contribution >= 0.6 is 34.8 Å². The lowest BCUT2D eigenvalue weighted by atomic mass is 9.84. The van der Waals surface area contributed by atoms with Crippen molar-refractivity contribution in [3.05, 3.63) is 56.8 Å². The summed E-state index contributed by atoms with van der Waals surface area (Å²) >= 11 is 18.1. The number of ether oxygens (including phenoxy) is 1. The number of carbonyl (C=O) groups is 1. The molecule has 2 aromatic rings.